The van der Waals surface area contributed by atoms with Crippen molar-refractivity contribution < 1.29 is 34.8 Å². The van der Waals surface area contributed by atoms with E-state index >= 15 is 0 Å². The van der Waals surface area contributed by atoms with E-state index in [0.29, 0.717) is 32.1 Å². The maximum Gasteiger partial charge on any atom is 0.331 e. The predicted octanol–water partition coefficient (Wildman–Crippen LogP) is 1.78. The lowest BCUT2D eigenvalue weighted by molar-refractivity contribution is -0.260. The van der Waals surface area contributed by atoms with E-state index in [9.17, 15) is 30.0 Å². The van der Waals surface area contributed by atoms with Gasteiger partial charge in [-0.3, -0.25) is 4.79 Å². The number of carboxylic acid groups (broad SMARTS) is 1. The van der Waals surface area contributed by atoms with Crippen molar-refractivity contribution >= 4 is 11.9 Å². The van der Waals surface area contributed by atoms with Crippen LogP contribution in [0.25, 0.3) is 0 Å². The molecule has 0 unspecified atom stereocenters. The van der Waals surface area contributed by atoms with E-state index in [0.717, 1.165) is 12.0 Å². The van der Waals surface area contributed by atoms with Crippen LogP contribution in [0.1, 0.15) is 64.7 Å². The number of carbonyl (C=O) groups is 2. The van der Waals surface area contributed by atoms with Crippen molar-refractivity contribution in [2.75, 3.05) is 6.61 Å². The molecule has 30 heavy (non-hydrogen) atoms. The van der Waals surface area contributed by atoms with E-state index in [-0.39, 0.29) is 49.6 Å². The molecule has 0 aromatic carbocycles. The SMILES string of the molecule is C[C@]12CC[C@H]3[C@@H](CC[C@]4(O)C[C@@H](O)CC[C@]34C(=O)O)[C@@]1(O)CC[C@@H]2C1=CC(=O)OC1. The third kappa shape index (κ3) is 2.32. The minimum Gasteiger partial charge on any atom is -0.481 e. The van der Waals surface area contributed by atoms with Crippen molar-refractivity contribution in [3.63, 3.8) is 0 Å². The van der Waals surface area contributed by atoms with Crippen molar-refractivity contribution in [2.45, 2.75) is 82.0 Å². The maximum absolute atomic E-state index is 12.7. The van der Waals surface area contributed by atoms with Gasteiger partial charge in [-0.05, 0) is 74.7 Å². The zero-order chi connectivity index (χ0) is 21.5. The highest BCUT2D eigenvalue weighted by atomic mass is 16.5. The Morgan fingerprint density at radius 3 is 2.47 bits per heavy atom. The Labute approximate surface area is 176 Å². The second-order valence-electron chi connectivity index (χ2n) is 10.8. The summed E-state index contributed by atoms with van der Waals surface area (Å²) in [5, 5.41) is 44.1. The highest BCUT2D eigenvalue weighted by molar-refractivity contribution is 5.85. The molecule has 0 radical (unpaired) electrons. The first-order valence-corrected chi connectivity index (χ1v) is 11.3. The topological polar surface area (TPSA) is 124 Å². The molecular formula is C23H32O7. The molecule has 1 aliphatic heterocycles. The number of ether oxygens (including phenoxy) is 1. The lowest BCUT2D eigenvalue weighted by atomic mass is 9.41. The first-order chi connectivity index (χ1) is 14.1. The van der Waals surface area contributed by atoms with Crippen LogP contribution in [0.5, 0.6) is 0 Å². The summed E-state index contributed by atoms with van der Waals surface area (Å²) in [7, 11) is 0. The number of esters is 1. The summed E-state index contributed by atoms with van der Waals surface area (Å²) in [6.07, 6.45) is 5.00. The quantitative estimate of drug-likeness (QED) is 0.502. The van der Waals surface area contributed by atoms with Gasteiger partial charge < -0.3 is 25.2 Å². The fraction of sp³-hybridized carbons (Fsp3) is 0.826. The van der Waals surface area contributed by atoms with Crippen LogP contribution in [0, 0.1) is 28.6 Å². The van der Waals surface area contributed by atoms with E-state index < -0.39 is 34.1 Å². The van der Waals surface area contributed by atoms with E-state index in [1.54, 1.807) is 6.08 Å². The normalized spacial score (nSPS) is 52.7. The lowest BCUT2D eigenvalue weighted by Gasteiger charge is -2.65. The summed E-state index contributed by atoms with van der Waals surface area (Å²) < 4.78 is 5.14. The highest BCUT2D eigenvalue weighted by Crippen LogP contribution is 2.70. The van der Waals surface area contributed by atoms with Crippen molar-refractivity contribution in [2.24, 2.45) is 28.6 Å². The Morgan fingerprint density at radius 1 is 1.07 bits per heavy atom. The number of aliphatic hydroxyl groups excluding tert-OH is 1. The second-order valence-corrected chi connectivity index (χ2v) is 10.8. The molecule has 4 saturated carbocycles. The van der Waals surface area contributed by atoms with Gasteiger partial charge in [0, 0.05) is 17.9 Å². The van der Waals surface area contributed by atoms with Gasteiger partial charge in [-0.15, -0.1) is 0 Å². The zero-order valence-corrected chi connectivity index (χ0v) is 17.5. The van der Waals surface area contributed by atoms with Crippen LogP contribution in [0.2, 0.25) is 0 Å². The van der Waals surface area contributed by atoms with E-state index in [4.69, 9.17) is 4.74 Å². The third-order valence-corrected chi connectivity index (χ3v) is 9.94. The summed E-state index contributed by atoms with van der Waals surface area (Å²) in [5.74, 6) is -1.82. The van der Waals surface area contributed by atoms with Gasteiger partial charge in [0.05, 0.1) is 22.7 Å². The maximum atomic E-state index is 12.7. The van der Waals surface area contributed by atoms with Crippen molar-refractivity contribution in [1.29, 1.82) is 0 Å². The first kappa shape index (κ1) is 20.5. The number of cyclic esters (lactones) is 1. The fourth-order valence-corrected chi connectivity index (χ4v) is 8.49. The van der Waals surface area contributed by atoms with Gasteiger partial charge in [0.15, 0.2) is 0 Å². The molecular weight excluding hydrogens is 388 g/mol. The Balaban J connectivity index is 1.54. The molecule has 166 valence electrons. The van der Waals surface area contributed by atoms with Gasteiger partial charge >= 0.3 is 11.9 Å². The van der Waals surface area contributed by atoms with Crippen molar-refractivity contribution in [3.8, 4) is 0 Å². The van der Waals surface area contributed by atoms with Gasteiger partial charge in [-0.25, -0.2) is 4.79 Å². The summed E-state index contributed by atoms with van der Waals surface area (Å²) in [6.45, 7) is 2.36. The molecule has 0 aromatic heterocycles. The van der Waals surface area contributed by atoms with Crippen LogP contribution in [-0.4, -0.2) is 56.3 Å². The molecule has 7 heteroatoms. The van der Waals surface area contributed by atoms with E-state index in [2.05, 4.69) is 6.92 Å². The van der Waals surface area contributed by atoms with E-state index in [1.807, 2.05) is 0 Å². The number of aliphatic carboxylic acids is 1. The molecule has 7 nitrogen and oxygen atoms in total. The van der Waals surface area contributed by atoms with Crippen LogP contribution in [0.4, 0.5) is 0 Å². The predicted molar refractivity (Wildman–Crippen MR) is 105 cm³/mol. The minimum atomic E-state index is -1.44. The fourth-order valence-electron chi connectivity index (χ4n) is 8.49. The molecule has 0 spiro atoms. The average molecular weight is 421 g/mol. The summed E-state index contributed by atoms with van der Waals surface area (Å²) in [5.41, 5.74) is -3.30. The van der Waals surface area contributed by atoms with E-state index in [1.165, 1.54) is 0 Å². The molecule has 1 heterocycles. The van der Waals surface area contributed by atoms with Gasteiger partial charge in [-0.1, -0.05) is 6.92 Å². The molecule has 0 saturated heterocycles. The van der Waals surface area contributed by atoms with Gasteiger partial charge in [0.2, 0.25) is 0 Å². The van der Waals surface area contributed by atoms with Crippen LogP contribution >= 0.6 is 0 Å². The Kier molecular flexibility index (Phi) is 4.30. The molecule has 4 aliphatic carbocycles. The summed E-state index contributed by atoms with van der Waals surface area (Å²) in [6, 6.07) is 0. The van der Waals surface area contributed by atoms with Crippen LogP contribution < -0.4 is 0 Å². The molecule has 5 rings (SSSR count). The minimum absolute atomic E-state index is 0.0460. The third-order valence-electron chi connectivity index (χ3n) is 9.94. The average Bonchev–Trinajstić information content (AvgIpc) is 3.21. The second kappa shape index (κ2) is 6.30. The highest BCUT2D eigenvalue weighted by Gasteiger charge is 2.73. The number of aliphatic hydroxyl groups is 3. The van der Waals surface area contributed by atoms with Crippen LogP contribution in [0.15, 0.2) is 11.6 Å². The monoisotopic (exact) mass is 420 g/mol. The molecule has 8 atom stereocenters. The Morgan fingerprint density at radius 2 is 1.80 bits per heavy atom. The number of hydrogen-bond acceptors (Lipinski definition) is 6. The van der Waals surface area contributed by atoms with Crippen molar-refractivity contribution in [3.05, 3.63) is 11.6 Å². The smallest absolute Gasteiger partial charge is 0.331 e. The standard InChI is InChI=1S/C23H32O7/c1-20-6-3-16-17(23(20,29)9-5-15(20)13-10-18(25)30-12-13)4-7-21(28)11-14(24)2-8-22(16,21)19(26)27/h10,14-17,24,28-29H,2-9,11-12H2,1H3,(H,26,27)/t14-,15+,16-,17+,20+,21-,22+,23-/m0/s1. The van der Waals surface area contributed by atoms with Gasteiger partial charge in [-0.2, -0.15) is 0 Å². The number of carbonyl (C=O) groups excluding carboxylic acids is 1. The lowest BCUT2D eigenvalue weighted by Crippen LogP contribution is -2.70. The van der Waals surface area contributed by atoms with Crippen molar-refractivity contribution in [1.82, 2.24) is 0 Å². The molecule has 0 amide bonds. The van der Waals surface area contributed by atoms with Crippen LogP contribution in [0.3, 0.4) is 0 Å². The van der Waals surface area contributed by atoms with Gasteiger partial charge in [0.1, 0.15) is 6.61 Å². The van der Waals surface area contributed by atoms with Crippen LogP contribution in [-0.2, 0) is 14.3 Å². The zero-order valence-electron chi connectivity index (χ0n) is 17.5. The number of carboxylic acids is 1. The molecule has 5 aliphatic rings. The largest absolute Gasteiger partial charge is 0.481 e. The summed E-state index contributed by atoms with van der Waals surface area (Å²) in [4.78, 5) is 24.3. The molecule has 4 fully saturated rings. The molecule has 0 aromatic rings. The van der Waals surface area contributed by atoms with Gasteiger partial charge in [0.25, 0.3) is 0 Å². The Hall–Kier alpha value is -1.44. The number of fused-ring (bicyclic) bond motifs is 5. The first-order valence-electron chi connectivity index (χ1n) is 11.3. The number of rotatable bonds is 2. The number of hydrogen-bond donors (Lipinski definition) is 4. The molecule has 4 N–H and O–H groups in total. The Bertz CT molecular complexity index is 822. The summed E-state index contributed by atoms with van der Waals surface area (Å²) >= 11 is 0. The molecule has 0 bridgehead atoms.